The number of likely N-dealkylation sites (tertiary alicyclic amines) is 1. The number of hydrogen-bond donors (Lipinski definition) is 0. The Hall–Kier alpha value is -3.30. The number of imidazole rings is 1. The van der Waals surface area contributed by atoms with Gasteiger partial charge in [0.2, 0.25) is 0 Å². The number of halogens is 1. The van der Waals surface area contributed by atoms with Gasteiger partial charge in [0.05, 0.1) is 39.5 Å². The number of rotatable bonds is 7. The number of nitrogens with zero attached hydrogens (tertiary/aromatic N) is 4. The first kappa shape index (κ1) is 29.8. The minimum Gasteiger partial charge on any atom is -0.464 e. The van der Waals surface area contributed by atoms with Crippen LogP contribution in [0.2, 0.25) is 5.02 Å². The van der Waals surface area contributed by atoms with Crippen molar-refractivity contribution in [2.45, 2.75) is 59.3 Å². The number of likely N-dealkylation sites (N-methyl/N-ethyl adjacent to an activating group) is 1. The maximum Gasteiger partial charge on any atom is 0.339 e. The Balaban J connectivity index is 1.56. The highest BCUT2D eigenvalue weighted by atomic mass is 35.5. The molecule has 1 saturated heterocycles. The van der Waals surface area contributed by atoms with Crippen molar-refractivity contribution in [2.24, 2.45) is 0 Å². The van der Waals surface area contributed by atoms with E-state index in [1.807, 2.05) is 58.9 Å². The molecule has 0 radical (unpaired) electrons. The second kappa shape index (κ2) is 11.3. The number of thiazole rings is 1. The number of benzene rings is 3. The van der Waals surface area contributed by atoms with Crippen LogP contribution >= 0.6 is 22.9 Å². The number of carbonyl (C=O) groups is 1. The Morgan fingerprint density at radius 2 is 1.74 bits per heavy atom. The molecule has 0 spiro atoms. The van der Waals surface area contributed by atoms with Gasteiger partial charge in [-0.15, -0.1) is 11.3 Å². The van der Waals surface area contributed by atoms with Gasteiger partial charge in [0.1, 0.15) is 10.8 Å². The second-order valence-corrected chi connectivity index (χ2v) is 13.8. The van der Waals surface area contributed by atoms with Gasteiger partial charge >= 0.3 is 5.97 Å². The van der Waals surface area contributed by atoms with E-state index in [0.29, 0.717) is 11.1 Å². The van der Waals surface area contributed by atoms with Crippen molar-refractivity contribution in [3.05, 3.63) is 70.5 Å². The van der Waals surface area contributed by atoms with Gasteiger partial charge in [-0.2, -0.15) is 0 Å². The van der Waals surface area contributed by atoms with Crippen LogP contribution in [0.3, 0.4) is 0 Å². The largest absolute Gasteiger partial charge is 0.464 e. The first-order chi connectivity index (χ1) is 20.4. The summed E-state index contributed by atoms with van der Waals surface area (Å²) in [6, 6.07) is 16.6. The molecule has 1 aliphatic heterocycles. The maximum atomic E-state index is 13.4. The van der Waals surface area contributed by atoms with Crippen LogP contribution in [-0.2, 0) is 14.3 Å². The monoisotopic (exact) mass is 616 g/mol. The van der Waals surface area contributed by atoms with E-state index in [1.54, 1.807) is 11.3 Å². The Morgan fingerprint density at radius 3 is 2.40 bits per heavy atom. The van der Waals surface area contributed by atoms with Crippen LogP contribution in [0.4, 0.5) is 0 Å². The van der Waals surface area contributed by atoms with Crippen LogP contribution in [0.25, 0.3) is 42.9 Å². The molecule has 5 aromatic rings. The normalized spacial score (nSPS) is 15.3. The molecule has 6 rings (SSSR count). The highest BCUT2D eigenvalue weighted by Gasteiger charge is 2.34. The number of aromatic nitrogens is 3. The van der Waals surface area contributed by atoms with E-state index < -0.39 is 17.7 Å². The summed E-state index contributed by atoms with van der Waals surface area (Å²) in [5, 5.41) is 1.55. The molecule has 1 fully saturated rings. The first-order valence-corrected chi connectivity index (χ1v) is 15.8. The van der Waals surface area contributed by atoms with Crippen LogP contribution < -0.4 is 0 Å². The number of ether oxygens (including phenoxy) is 2. The molecule has 2 aromatic heterocycles. The summed E-state index contributed by atoms with van der Waals surface area (Å²) in [5.74, 6) is 0.624. The fourth-order valence-corrected chi connectivity index (χ4v) is 7.26. The van der Waals surface area contributed by atoms with Gasteiger partial charge in [0.15, 0.2) is 6.10 Å². The van der Waals surface area contributed by atoms with Crippen molar-refractivity contribution >= 4 is 50.2 Å². The zero-order valence-electron chi connectivity index (χ0n) is 25.7. The summed E-state index contributed by atoms with van der Waals surface area (Å²) >= 11 is 7.92. The van der Waals surface area contributed by atoms with Crippen molar-refractivity contribution in [1.29, 1.82) is 0 Å². The van der Waals surface area contributed by atoms with Gasteiger partial charge in [0.25, 0.3) is 0 Å². The molecule has 1 atom stereocenters. The summed E-state index contributed by atoms with van der Waals surface area (Å²) in [6.45, 7) is 14.0. The Bertz CT molecular complexity index is 1830. The predicted molar refractivity (Wildman–Crippen MR) is 175 cm³/mol. The zero-order chi connectivity index (χ0) is 30.6. The number of hydrogen-bond acceptors (Lipinski definition) is 7. The van der Waals surface area contributed by atoms with Crippen LogP contribution in [0, 0.1) is 13.8 Å². The highest BCUT2D eigenvalue weighted by molar-refractivity contribution is 7.22. The molecule has 0 saturated carbocycles. The second-order valence-electron chi connectivity index (χ2n) is 12.3. The smallest absolute Gasteiger partial charge is 0.339 e. The fourth-order valence-electron chi connectivity index (χ4n) is 6.01. The molecule has 0 N–H and O–H groups in total. The molecular weight excluding hydrogens is 580 g/mol. The molecule has 224 valence electrons. The van der Waals surface area contributed by atoms with Crippen molar-refractivity contribution in [3.63, 3.8) is 0 Å². The number of esters is 1. The van der Waals surface area contributed by atoms with Gasteiger partial charge in [0, 0.05) is 34.8 Å². The van der Waals surface area contributed by atoms with Crippen LogP contribution in [0.1, 0.15) is 56.8 Å². The zero-order valence-corrected chi connectivity index (χ0v) is 27.3. The third-order valence-corrected chi connectivity index (χ3v) is 9.21. The quantitative estimate of drug-likeness (QED) is 0.172. The summed E-state index contributed by atoms with van der Waals surface area (Å²) in [4.78, 5) is 25.7. The lowest BCUT2D eigenvalue weighted by Crippen LogP contribution is -2.45. The van der Waals surface area contributed by atoms with E-state index in [1.165, 1.54) is 0 Å². The number of fused-ring (bicyclic) bond motifs is 2. The van der Waals surface area contributed by atoms with E-state index in [-0.39, 0.29) is 6.61 Å². The SMILES string of the molecule is CCOC(=O)[C@@H](OC(C)(C)C)c1c(C)cc2nc(-c3ccc4nc(C)n(C5CN(C)C5)c4c3)sc2c1-c1ccc(Cl)cc1. The molecular formula is C34H37ClN4O3S. The first-order valence-electron chi connectivity index (χ1n) is 14.7. The third-order valence-electron chi connectivity index (χ3n) is 7.82. The van der Waals surface area contributed by atoms with E-state index in [2.05, 4.69) is 47.7 Å². The topological polar surface area (TPSA) is 69.5 Å². The fraction of sp³-hybridized carbons (Fsp3) is 0.382. The molecule has 3 heterocycles. The van der Waals surface area contributed by atoms with E-state index in [0.717, 1.165) is 73.0 Å². The molecule has 43 heavy (non-hydrogen) atoms. The molecule has 3 aromatic carbocycles. The van der Waals surface area contributed by atoms with Crippen molar-refractivity contribution in [2.75, 3.05) is 26.7 Å². The third kappa shape index (κ3) is 5.69. The van der Waals surface area contributed by atoms with Crippen LogP contribution in [-0.4, -0.2) is 57.7 Å². The maximum absolute atomic E-state index is 13.4. The minimum atomic E-state index is -0.908. The molecule has 7 nitrogen and oxygen atoms in total. The number of aryl methyl sites for hydroxylation is 2. The van der Waals surface area contributed by atoms with E-state index in [9.17, 15) is 4.79 Å². The molecule has 0 bridgehead atoms. The number of carbonyl (C=O) groups excluding carboxylic acids is 1. The van der Waals surface area contributed by atoms with Gasteiger partial charge in [-0.25, -0.2) is 14.8 Å². The van der Waals surface area contributed by atoms with Gasteiger partial charge in [-0.05, 0) is 96.1 Å². The molecule has 9 heteroatoms. The highest BCUT2D eigenvalue weighted by Crippen LogP contribution is 2.45. The Kier molecular flexibility index (Phi) is 7.84. The van der Waals surface area contributed by atoms with Crippen molar-refractivity contribution < 1.29 is 14.3 Å². The molecule has 0 aliphatic carbocycles. The lowest BCUT2D eigenvalue weighted by molar-refractivity contribution is -0.166. The molecule has 0 amide bonds. The lowest BCUT2D eigenvalue weighted by Gasteiger charge is -2.38. The Labute approximate surface area is 261 Å². The summed E-state index contributed by atoms with van der Waals surface area (Å²) in [5.41, 5.74) is 7.00. The van der Waals surface area contributed by atoms with E-state index >= 15 is 0 Å². The van der Waals surface area contributed by atoms with Gasteiger partial charge < -0.3 is 18.9 Å². The van der Waals surface area contributed by atoms with Gasteiger partial charge in [-0.1, -0.05) is 23.7 Å². The Morgan fingerprint density at radius 1 is 1.05 bits per heavy atom. The molecule has 0 unspecified atom stereocenters. The lowest BCUT2D eigenvalue weighted by atomic mass is 9.91. The summed E-state index contributed by atoms with van der Waals surface area (Å²) in [7, 11) is 2.14. The predicted octanol–water partition coefficient (Wildman–Crippen LogP) is 8.16. The van der Waals surface area contributed by atoms with Gasteiger partial charge in [-0.3, -0.25) is 0 Å². The van der Waals surface area contributed by atoms with Crippen molar-refractivity contribution in [3.8, 4) is 21.7 Å². The van der Waals surface area contributed by atoms with E-state index in [4.69, 9.17) is 31.0 Å². The van der Waals surface area contributed by atoms with Crippen LogP contribution in [0.5, 0.6) is 0 Å². The van der Waals surface area contributed by atoms with Crippen molar-refractivity contribution in [1.82, 2.24) is 19.4 Å². The average molecular weight is 617 g/mol. The molecule has 1 aliphatic rings. The average Bonchev–Trinajstić information content (AvgIpc) is 3.49. The minimum absolute atomic E-state index is 0.265. The summed E-state index contributed by atoms with van der Waals surface area (Å²) < 4.78 is 15.3. The standard InChI is InChI=1S/C34H37ClN4O3S/c1-8-41-33(40)30(42-34(4,5)6)28-19(2)15-26-31(29(28)21-9-12-23(35)13-10-21)43-32(37-26)22-11-14-25-27(16-22)39(20(3)36-25)24-17-38(7)18-24/h9-16,24,30H,8,17-18H2,1-7H3/t30-/m0/s1. The van der Waals surface area contributed by atoms with Crippen LogP contribution in [0.15, 0.2) is 48.5 Å². The summed E-state index contributed by atoms with van der Waals surface area (Å²) in [6.07, 6.45) is -0.908.